The van der Waals surface area contributed by atoms with Crippen molar-refractivity contribution in [2.75, 3.05) is 6.61 Å². The largest absolute Gasteiger partial charge is 0.488 e. The molecule has 0 bridgehead atoms. The molecule has 2 heteroatoms. The molecular weight excluding hydrogens is 287 g/mol. The molecule has 14 heavy (non-hydrogen) atoms. The third-order valence-electron chi connectivity index (χ3n) is 2.07. The first kappa shape index (κ1) is 11.6. The molecule has 0 amide bonds. The van der Waals surface area contributed by atoms with Gasteiger partial charge in [0.1, 0.15) is 12.4 Å². The molecule has 0 aliphatic carbocycles. The average Bonchev–Trinajstić information content (AvgIpc) is 2.16. The second kappa shape index (κ2) is 5.39. The zero-order chi connectivity index (χ0) is 10.6. The molecule has 0 saturated carbocycles. The van der Waals surface area contributed by atoms with Crippen LogP contribution in [0.4, 0.5) is 0 Å². The standard InChI is InChI=1S/C12H15IO/c1-9(2)10(3)8-14-12-7-5-4-6-11(12)13/h4-7,9H,3,8H2,1-2H3. The molecule has 0 unspecified atom stereocenters. The Morgan fingerprint density at radius 3 is 2.64 bits per heavy atom. The molecule has 0 spiro atoms. The molecule has 76 valence electrons. The van der Waals surface area contributed by atoms with Crippen LogP contribution in [0.3, 0.4) is 0 Å². The lowest BCUT2D eigenvalue weighted by atomic mass is 10.1. The third kappa shape index (κ3) is 3.33. The Morgan fingerprint density at radius 1 is 1.43 bits per heavy atom. The lowest BCUT2D eigenvalue weighted by Crippen LogP contribution is -2.05. The first-order valence-electron chi connectivity index (χ1n) is 4.66. The van der Waals surface area contributed by atoms with E-state index in [9.17, 15) is 0 Å². The van der Waals surface area contributed by atoms with Gasteiger partial charge < -0.3 is 4.74 Å². The van der Waals surface area contributed by atoms with Gasteiger partial charge >= 0.3 is 0 Å². The number of rotatable bonds is 4. The van der Waals surface area contributed by atoms with Crippen LogP contribution >= 0.6 is 22.6 Å². The second-order valence-electron chi connectivity index (χ2n) is 3.53. The average molecular weight is 302 g/mol. The molecule has 0 saturated heterocycles. The van der Waals surface area contributed by atoms with Crippen molar-refractivity contribution in [1.82, 2.24) is 0 Å². The van der Waals surface area contributed by atoms with E-state index in [0.717, 1.165) is 14.9 Å². The molecule has 1 aromatic carbocycles. The predicted molar refractivity (Wildman–Crippen MR) is 68.6 cm³/mol. The summed E-state index contributed by atoms with van der Waals surface area (Å²) in [4.78, 5) is 0. The Balaban J connectivity index is 2.54. The summed E-state index contributed by atoms with van der Waals surface area (Å²) < 4.78 is 6.79. The van der Waals surface area contributed by atoms with Crippen molar-refractivity contribution in [2.24, 2.45) is 5.92 Å². The zero-order valence-electron chi connectivity index (χ0n) is 8.59. The number of hydrogen-bond acceptors (Lipinski definition) is 1. The van der Waals surface area contributed by atoms with Crippen molar-refractivity contribution in [2.45, 2.75) is 13.8 Å². The molecule has 0 aliphatic heterocycles. The predicted octanol–water partition coefficient (Wildman–Crippen LogP) is 3.88. The summed E-state index contributed by atoms with van der Waals surface area (Å²) in [7, 11) is 0. The lowest BCUT2D eigenvalue weighted by Gasteiger charge is -2.12. The fourth-order valence-electron chi connectivity index (χ4n) is 0.899. The van der Waals surface area contributed by atoms with Crippen molar-refractivity contribution in [3.05, 3.63) is 40.0 Å². The zero-order valence-corrected chi connectivity index (χ0v) is 10.7. The third-order valence-corrected chi connectivity index (χ3v) is 2.96. The molecule has 1 nitrogen and oxygen atoms in total. The highest BCUT2D eigenvalue weighted by molar-refractivity contribution is 14.1. The van der Waals surface area contributed by atoms with Crippen LogP contribution in [-0.4, -0.2) is 6.61 Å². The van der Waals surface area contributed by atoms with E-state index in [4.69, 9.17) is 4.74 Å². The quantitative estimate of drug-likeness (QED) is 0.606. The molecule has 0 radical (unpaired) electrons. The van der Waals surface area contributed by atoms with E-state index in [1.165, 1.54) is 0 Å². The van der Waals surface area contributed by atoms with Gasteiger partial charge in [0.25, 0.3) is 0 Å². The number of halogens is 1. The van der Waals surface area contributed by atoms with E-state index in [2.05, 4.69) is 43.0 Å². The summed E-state index contributed by atoms with van der Waals surface area (Å²) in [6, 6.07) is 8.00. The van der Waals surface area contributed by atoms with E-state index in [1.54, 1.807) is 0 Å². The summed E-state index contributed by atoms with van der Waals surface area (Å²) in [5, 5.41) is 0. The number of para-hydroxylation sites is 1. The molecule has 1 aromatic rings. The molecular formula is C12H15IO. The van der Waals surface area contributed by atoms with Crippen LogP contribution < -0.4 is 4.74 Å². The van der Waals surface area contributed by atoms with E-state index in [-0.39, 0.29) is 0 Å². The Morgan fingerprint density at radius 2 is 2.07 bits per heavy atom. The molecule has 0 N–H and O–H groups in total. The van der Waals surface area contributed by atoms with Gasteiger partial charge in [-0.1, -0.05) is 32.6 Å². The maximum absolute atomic E-state index is 5.65. The SMILES string of the molecule is C=C(COc1ccccc1I)C(C)C. The fourth-order valence-corrected chi connectivity index (χ4v) is 1.44. The van der Waals surface area contributed by atoms with Gasteiger partial charge in [-0.15, -0.1) is 0 Å². The summed E-state index contributed by atoms with van der Waals surface area (Å²) in [5.74, 6) is 1.42. The van der Waals surface area contributed by atoms with Crippen LogP contribution in [0.15, 0.2) is 36.4 Å². The van der Waals surface area contributed by atoms with Crippen LogP contribution in [0.1, 0.15) is 13.8 Å². The topological polar surface area (TPSA) is 9.23 Å². The normalized spacial score (nSPS) is 10.3. The molecule has 1 rings (SSSR count). The van der Waals surface area contributed by atoms with Gasteiger partial charge in [0.15, 0.2) is 0 Å². The van der Waals surface area contributed by atoms with Crippen LogP contribution in [0.2, 0.25) is 0 Å². The molecule has 0 heterocycles. The Hall–Kier alpha value is -0.510. The van der Waals surface area contributed by atoms with Gasteiger partial charge in [-0.3, -0.25) is 0 Å². The molecule has 0 fully saturated rings. The van der Waals surface area contributed by atoms with Crippen LogP contribution in [0, 0.1) is 9.49 Å². The maximum atomic E-state index is 5.65. The molecule has 0 atom stereocenters. The number of hydrogen-bond donors (Lipinski definition) is 0. The summed E-state index contributed by atoms with van der Waals surface area (Å²) in [5.41, 5.74) is 1.13. The molecule has 0 aliphatic rings. The monoisotopic (exact) mass is 302 g/mol. The van der Waals surface area contributed by atoms with Gasteiger partial charge in [-0.2, -0.15) is 0 Å². The van der Waals surface area contributed by atoms with Gasteiger partial charge in [0, 0.05) is 0 Å². The van der Waals surface area contributed by atoms with Gasteiger partial charge in [0.05, 0.1) is 3.57 Å². The van der Waals surface area contributed by atoms with Gasteiger partial charge in [-0.25, -0.2) is 0 Å². The summed E-state index contributed by atoms with van der Waals surface area (Å²) in [6.07, 6.45) is 0. The minimum absolute atomic E-state index is 0.483. The van der Waals surface area contributed by atoms with Gasteiger partial charge in [-0.05, 0) is 46.2 Å². The minimum atomic E-state index is 0.483. The van der Waals surface area contributed by atoms with E-state index in [0.29, 0.717) is 12.5 Å². The highest BCUT2D eigenvalue weighted by Gasteiger charge is 2.03. The maximum Gasteiger partial charge on any atom is 0.133 e. The van der Waals surface area contributed by atoms with Crippen molar-refractivity contribution in [3.63, 3.8) is 0 Å². The van der Waals surface area contributed by atoms with E-state index < -0.39 is 0 Å². The van der Waals surface area contributed by atoms with E-state index >= 15 is 0 Å². The van der Waals surface area contributed by atoms with Crippen LogP contribution in [0.5, 0.6) is 5.75 Å². The lowest BCUT2D eigenvalue weighted by molar-refractivity contribution is 0.338. The van der Waals surface area contributed by atoms with Crippen LogP contribution in [-0.2, 0) is 0 Å². The number of benzene rings is 1. The van der Waals surface area contributed by atoms with Gasteiger partial charge in [0.2, 0.25) is 0 Å². The van der Waals surface area contributed by atoms with Crippen molar-refractivity contribution < 1.29 is 4.74 Å². The minimum Gasteiger partial charge on any atom is -0.488 e. The first-order valence-corrected chi connectivity index (χ1v) is 5.74. The fraction of sp³-hybridized carbons (Fsp3) is 0.333. The second-order valence-corrected chi connectivity index (χ2v) is 4.69. The summed E-state index contributed by atoms with van der Waals surface area (Å²) >= 11 is 2.27. The Bertz CT molecular complexity index is 318. The first-order chi connectivity index (χ1) is 6.61. The highest BCUT2D eigenvalue weighted by Crippen LogP contribution is 2.20. The van der Waals surface area contributed by atoms with Crippen molar-refractivity contribution in [3.8, 4) is 5.75 Å². The van der Waals surface area contributed by atoms with Crippen molar-refractivity contribution >= 4 is 22.6 Å². The summed E-state index contributed by atoms with van der Waals surface area (Å²) in [6.45, 7) is 8.83. The Kier molecular flexibility index (Phi) is 4.45. The molecule has 0 aromatic heterocycles. The smallest absolute Gasteiger partial charge is 0.133 e. The number of ether oxygens (including phenoxy) is 1. The van der Waals surface area contributed by atoms with Crippen molar-refractivity contribution in [1.29, 1.82) is 0 Å². The highest BCUT2D eigenvalue weighted by atomic mass is 127. The Labute approximate surface area is 99.3 Å². The van der Waals surface area contributed by atoms with Crippen LogP contribution in [0.25, 0.3) is 0 Å². The van der Waals surface area contributed by atoms with E-state index in [1.807, 2.05) is 24.3 Å².